The Morgan fingerprint density at radius 2 is 1.96 bits per heavy atom. The first-order valence-corrected chi connectivity index (χ1v) is 7.97. The van der Waals surface area contributed by atoms with Gasteiger partial charge in [0, 0.05) is 35.3 Å². The summed E-state index contributed by atoms with van der Waals surface area (Å²) in [5.74, 6) is 0. The molecule has 1 amide bonds. The monoisotopic (exact) mass is 331 g/mol. The minimum Gasteiger partial charge on any atom is -0.444 e. The molecule has 1 aliphatic rings. The number of aromatic nitrogens is 1. The lowest BCUT2D eigenvalue weighted by atomic mass is 10.1. The fraction of sp³-hybridized carbons (Fsp3) is 0.294. The molecular weight excluding hydrogens is 314 g/mol. The number of nitrogens with one attached hydrogen (secondary N) is 1. The number of carbonyl (C=O) groups is 1. The Morgan fingerprint density at radius 1 is 1.22 bits per heavy atom. The quantitative estimate of drug-likeness (QED) is 0.925. The number of pyridine rings is 1. The van der Waals surface area contributed by atoms with Gasteiger partial charge in [-0.3, -0.25) is 10.3 Å². The zero-order chi connectivity index (χ0) is 16.1. The van der Waals surface area contributed by atoms with Gasteiger partial charge >= 0.3 is 6.09 Å². The molecule has 0 bridgehead atoms. The summed E-state index contributed by atoms with van der Waals surface area (Å²) >= 11 is 5.82. The first kappa shape index (κ1) is 15.6. The van der Waals surface area contributed by atoms with E-state index in [0.717, 1.165) is 25.1 Å². The lowest BCUT2D eigenvalue weighted by Gasteiger charge is -2.33. The third kappa shape index (κ3) is 4.36. The van der Waals surface area contributed by atoms with Gasteiger partial charge < -0.3 is 9.64 Å². The third-order valence-electron chi connectivity index (χ3n) is 3.77. The Hall–Kier alpha value is -2.27. The highest BCUT2D eigenvalue weighted by atomic mass is 35.5. The molecular formula is C17H18ClN3O2. The summed E-state index contributed by atoms with van der Waals surface area (Å²) in [7, 11) is 0. The van der Waals surface area contributed by atoms with E-state index in [1.165, 1.54) is 0 Å². The predicted octanol–water partition coefficient (Wildman–Crippen LogP) is 3.95. The molecule has 1 N–H and O–H groups in total. The van der Waals surface area contributed by atoms with Crippen LogP contribution in [0.5, 0.6) is 0 Å². The maximum absolute atomic E-state index is 12.0. The van der Waals surface area contributed by atoms with Crippen molar-refractivity contribution in [2.24, 2.45) is 0 Å². The van der Waals surface area contributed by atoms with Gasteiger partial charge in [0.2, 0.25) is 0 Å². The normalized spacial score (nSPS) is 17.6. The number of amides is 1. The molecule has 0 spiro atoms. The smallest absolute Gasteiger partial charge is 0.411 e. The van der Waals surface area contributed by atoms with Crippen molar-refractivity contribution in [1.82, 2.24) is 4.98 Å². The Kier molecular flexibility index (Phi) is 4.98. The van der Waals surface area contributed by atoms with Crippen LogP contribution in [0.1, 0.15) is 12.8 Å². The second-order valence-corrected chi connectivity index (χ2v) is 5.89. The van der Waals surface area contributed by atoms with Crippen LogP contribution in [0.25, 0.3) is 0 Å². The maximum atomic E-state index is 12.0. The molecule has 120 valence electrons. The highest BCUT2D eigenvalue weighted by molar-refractivity contribution is 6.30. The zero-order valence-electron chi connectivity index (χ0n) is 12.6. The number of benzene rings is 1. The molecule has 3 rings (SSSR count). The Morgan fingerprint density at radius 3 is 2.70 bits per heavy atom. The van der Waals surface area contributed by atoms with E-state index < -0.39 is 6.09 Å². The van der Waals surface area contributed by atoms with E-state index in [2.05, 4.69) is 15.2 Å². The van der Waals surface area contributed by atoms with E-state index in [1.807, 2.05) is 12.1 Å². The Labute approximate surface area is 140 Å². The molecule has 23 heavy (non-hydrogen) atoms. The van der Waals surface area contributed by atoms with E-state index in [0.29, 0.717) is 17.3 Å². The molecule has 0 saturated carbocycles. The van der Waals surface area contributed by atoms with Crippen LogP contribution in [0.2, 0.25) is 5.02 Å². The van der Waals surface area contributed by atoms with Gasteiger partial charge in [-0.1, -0.05) is 11.6 Å². The molecule has 1 atom stereocenters. The number of hydrogen-bond donors (Lipinski definition) is 1. The average molecular weight is 332 g/mol. The van der Waals surface area contributed by atoms with Crippen molar-refractivity contribution in [2.45, 2.75) is 18.9 Å². The van der Waals surface area contributed by atoms with Gasteiger partial charge in [-0.25, -0.2) is 4.79 Å². The van der Waals surface area contributed by atoms with Crippen LogP contribution in [0.3, 0.4) is 0 Å². The fourth-order valence-corrected chi connectivity index (χ4v) is 2.78. The summed E-state index contributed by atoms with van der Waals surface area (Å²) in [6, 6.07) is 10.9. The standard InChI is InChI=1S/C17H18ClN3O2/c18-13-3-5-14(6-4-13)20-17(22)23-16-2-1-11-21(12-16)15-7-9-19-10-8-15/h3-10,16H,1-2,11-12H2,(H,20,22)/t16-/m0/s1. The highest BCUT2D eigenvalue weighted by Gasteiger charge is 2.23. The molecule has 0 unspecified atom stereocenters. The van der Waals surface area contributed by atoms with E-state index in [1.54, 1.807) is 36.7 Å². The van der Waals surface area contributed by atoms with Crippen LogP contribution < -0.4 is 10.2 Å². The van der Waals surface area contributed by atoms with Gasteiger partial charge in [-0.05, 0) is 49.2 Å². The number of anilines is 2. The van der Waals surface area contributed by atoms with Crippen molar-refractivity contribution in [3.05, 3.63) is 53.8 Å². The SMILES string of the molecule is O=C(Nc1ccc(Cl)cc1)O[C@H]1CCCN(c2ccncc2)C1. The van der Waals surface area contributed by atoms with Crippen LogP contribution in [-0.4, -0.2) is 30.3 Å². The topological polar surface area (TPSA) is 54.5 Å². The Bertz CT molecular complexity index is 649. The number of ether oxygens (including phenoxy) is 1. The van der Waals surface area contributed by atoms with Gasteiger partial charge in [0.05, 0.1) is 6.54 Å². The van der Waals surface area contributed by atoms with Crippen molar-refractivity contribution in [3.8, 4) is 0 Å². The number of rotatable bonds is 3. The van der Waals surface area contributed by atoms with Crippen molar-refractivity contribution < 1.29 is 9.53 Å². The molecule has 5 nitrogen and oxygen atoms in total. The van der Waals surface area contributed by atoms with Crippen LogP contribution in [0.4, 0.5) is 16.2 Å². The highest BCUT2D eigenvalue weighted by Crippen LogP contribution is 2.21. The summed E-state index contributed by atoms with van der Waals surface area (Å²) in [5, 5.41) is 3.35. The summed E-state index contributed by atoms with van der Waals surface area (Å²) in [5.41, 5.74) is 1.77. The predicted molar refractivity (Wildman–Crippen MR) is 91.0 cm³/mol. The molecule has 2 heterocycles. The van der Waals surface area contributed by atoms with Crippen molar-refractivity contribution in [3.63, 3.8) is 0 Å². The van der Waals surface area contributed by atoms with Crippen LogP contribution in [0, 0.1) is 0 Å². The van der Waals surface area contributed by atoms with E-state index in [9.17, 15) is 4.79 Å². The van der Waals surface area contributed by atoms with E-state index >= 15 is 0 Å². The van der Waals surface area contributed by atoms with Crippen LogP contribution in [0.15, 0.2) is 48.8 Å². The van der Waals surface area contributed by atoms with E-state index in [4.69, 9.17) is 16.3 Å². The van der Waals surface area contributed by atoms with Gasteiger partial charge in [-0.15, -0.1) is 0 Å². The second kappa shape index (κ2) is 7.33. The molecule has 1 fully saturated rings. The first-order valence-electron chi connectivity index (χ1n) is 7.59. The minimum atomic E-state index is -0.436. The zero-order valence-corrected chi connectivity index (χ0v) is 13.4. The first-order chi connectivity index (χ1) is 11.2. The molecule has 6 heteroatoms. The molecule has 1 aliphatic heterocycles. The molecule has 0 aliphatic carbocycles. The van der Waals surface area contributed by atoms with Gasteiger partial charge in [-0.2, -0.15) is 0 Å². The largest absolute Gasteiger partial charge is 0.444 e. The van der Waals surface area contributed by atoms with Crippen LogP contribution >= 0.6 is 11.6 Å². The van der Waals surface area contributed by atoms with Gasteiger partial charge in [0.25, 0.3) is 0 Å². The lowest BCUT2D eigenvalue weighted by Crippen LogP contribution is -2.41. The average Bonchev–Trinajstić information content (AvgIpc) is 2.58. The summed E-state index contributed by atoms with van der Waals surface area (Å²) < 4.78 is 5.54. The van der Waals surface area contributed by atoms with Crippen molar-refractivity contribution in [2.75, 3.05) is 23.3 Å². The van der Waals surface area contributed by atoms with Gasteiger partial charge in [0.1, 0.15) is 6.10 Å². The van der Waals surface area contributed by atoms with Crippen molar-refractivity contribution in [1.29, 1.82) is 0 Å². The summed E-state index contributed by atoms with van der Waals surface area (Å²) in [6.07, 6.45) is 4.84. The summed E-state index contributed by atoms with van der Waals surface area (Å²) in [6.45, 7) is 1.65. The van der Waals surface area contributed by atoms with Crippen molar-refractivity contribution >= 4 is 29.1 Å². The van der Waals surface area contributed by atoms with Crippen LogP contribution in [-0.2, 0) is 4.74 Å². The fourth-order valence-electron chi connectivity index (χ4n) is 2.66. The van der Waals surface area contributed by atoms with E-state index in [-0.39, 0.29) is 6.10 Å². The third-order valence-corrected chi connectivity index (χ3v) is 4.02. The number of nitrogens with zero attached hydrogens (tertiary/aromatic N) is 2. The molecule has 1 saturated heterocycles. The maximum Gasteiger partial charge on any atom is 0.411 e. The number of piperidine rings is 1. The summed E-state index contributed by atoms with van der Waals surface area (Å²) in [4.78, 5) is 18.3. The number of halogens is 1. The second-order valence-electron chi connectivity index (χ2n) is 5.45. The number of hydrogen-bond acceptors (Lipinski definition) is 4. The molecule has 1 aromatic heterocycles. The molecule has 1 aromatic carbocycles. The Balaban J connectivity index is 1.55. The van der Waals surface area contributed by atoms with Gasteiger partial charge in [0.15, 0.2) is 0 Å². The minimum absolute atomic E-state index is 0.121. The molecule has 2 aromatic rings. The lowest BCUT2D eigenvalue weighted by molar-refractivity contribution is 0.100. The number of carbonyl (C=O) groups excluding carboxylic acids is 1. The molecule has 0 radical (unpaired) electrons.